The first-order chi connectivity index (χ1) is 6.26. The van der Waals surface area contributed by atoms with Gasteiger partial charge in [0.15, 0.2) is 0 Å². The average Bonchev–Trinajstić information content (AvgIpc) is 2.04. The molecule has 0 unspecified atom stereocenters. The van der Waals surface area contributed by atoms with E-state index < -0.39 is 0 Å². The highest BCUT2D eigenvalue weighted by Crippen LogP contribution is 2.05. The highest BCUT2D eigenvalue weighted by atomic mass is 16.3. The van der Waals surface area contributed by atoms with Gasteiger partial charge in [-0.15, -0.1) is 0 Å². The van der Waals surface area contributed by atoms with Gasteiger partial charge in [0.25, 0.3) is 0 Å². The minimum Gasteiger partial charge on any atom is -0.412 e. The Kier molecular flexibility index (Phi) is 5.14. The molecule has 0 aliphatic rings. The van der Waals surface area contributed by atoms with E-state index in [0.29, 0.717) is 0 Å². The highest BCUT2D eigenvalue weighted by Gasteiger charge is 2.01. The van der Waals surface area contributed by atoms with Gasteiger partial charge in [-0.1, -0.05) is 0 Å². The third-order valence-electron chi connectivity index (χ3n) is 1.13. The van der Waals surface area contributed by atoms with Crippen molar-refractivity contribution in [1.29, 1.82) is 0 Å². The fraction of sp³-hybridized carbons (Fsp3) is 0.400. The number of aliphatic hydroxyl groups excluding tert-OH is 2. The van der Waals surface area contributed by atoms with Crippen molar-refractivity contribution in [3.63, 3.8) is 0 Å². The maximum atomic E-state index is 8.51. The Morgan fingerprint density at radius 2 is 1.43 bits per heavy atom. The van der Waals surface area contributed by atoms with Crippen molar-refractivity contribution in [1.82, 2.24) is 15.0 Å². The maximum absolute atomic E-state index is 8.51. The third-order valence-corrected chi connectivity index (χ3v) is 1.13. The van der Waals surface area contributed by atoms with Crippen LogP contribution in [-0.2, 0) is 0 Å². The Balaban J connectivity index is 0.00000169. The molecule has 14 heavy (non-hydrogen) atoms. The molecule has 0 saturated carbocycles. The largest absolute Gasteiger partial charge is 0.412 e. The van der Waals surface area contributed by atoms with Crippen LogP contribution in [0.1, 0.15) is 0 Å². The van der Waals surface area contributed by atoms with Gasteiger partial charge in [0.1, 0.15) is 13.5 Å². The lowest BCUT2D eigenvalue weighted by molar-refractivity contribution is 0.323. The van der Waals surface area contributed by atoms with Crippen molar-refractivity contribution in [2.45, 2.75) is 0 Å². The highest BCUT2D eigenvalue weighted by molar-refractivity contribution is 5.39. The Morgan fingerprint density at radius 3 is 1.79 bits per heavy atom. The van der Waals surface area contributed by atoms with Crippen LogP contribution < -0.4 is 16.4 Å². The zero-order chi connectivity index (χ0) is 9.68. The molecule has 8 N–H and O–H groups in total. The summed E-state index contributed by atoms with van der Waals surface area (Å²) in [7, 11) is 0. The van der Waals surface area contributed by atoms with Gasteiger partial charge in [0, 0.05) is 0 Å². The third kappa shape index (κ3) is 3.35. The summed E-state index contributed by atoms with van der Waals surface area (Å²) in [6, 6.07) is 0. The van der Waals surface area contributed by atoms with E-state index in [0.717, 1.165) is 0 Å². The summed E-state index contributed by atoms with van der Waals surface area (Å²) in [5.41, 5.74) is 5.31. The monoisotopic (exact) mass is 204 g/mol. The molecule has 1 heterocycles. The van der Waals surface area contributed by atoms with Crippen molar-refractivity contribution in [2.24, 2.45) is 0 Å². The van der Waals surface area contributed by atoms with Crippen LogP contribution in [0.4, 0.5) is 17.8 Å². The summed E-state index contributed by atoms with van der Waals surface area (Å²) in [6.07, 6.45) is 0. The molecule has 1 rings (SSSR count). The number of rotatable bonds is 4. The lowest BCUT2D eigenvalue weighted by Gasteiger charge is -2.04. The van der Waals surface area contributed by atoms with Crippen LogP contribution in [0.2, 0.25) is 0 Å². The Labute approximate surface area is 79.3 Å². The van der Waals surface area contributed by atoms with Gasteiger partial charge in [-0.25, -0.2) is 0 Å². The smallest absolute Gasteiger partial charge is 0.231 e. The zero-order valence-corrected chi connectivity index (χ0v) is 7.23. The van der Waals surface area contributed by atoms with Crippen LogP contribution in [-0.4, -0.2) is 44.1 Å². The summed E-state index contributed by atoms with van der Waals surface area (Å²) in [6.45, 7) is -0.607. The average molecular weight is 204 g/mol. The molecular weight excluding hydrogens is 192 g/mol. The topological polar surface area (TPSA) is 161 Å². The van der Waals surface area contributed by atoms with E-state index in [4.69, 9.17) is 15.9 Å². The first-order valence-corrected chi connectivity index (χ1v) is 3.47. The Bertz CT molecular complexity index is 258. The second-order valence-corrected chi connectivity index (χ2v) is 2.01. The fourth-order valence-electron chi connectivity index (χ4n) is 0.692. The summed E-state index contributed by atoms with van der Waals surface area (Å²) in [4.78, 5) is 11.1. The van der Waals surface area contributed by atoms with Crippen LogP contribution >= 0.6 is 0 Å². The van der Waals surface area contributed by atoms with Gasteiger partial charge < -0.3 is 32.1 Å². The molecule has 0 fully saturated rings. The fourth-order valence-corrected chi connectivity index (χ4v) is 0.692. The van der Waals surface area contributed by atoms with E-state index in [9.17, 15) is 0 Å². The summed E-state index contributed by atoms with van der Waals surface area (Å²) in [5.74, 6) is 0.291. The van der Waals surface area contributed by atoms with Crippen LogP contribution in [0.3, 0.4) is 0 Å². The Morgan fingerprint density at radius 1 is 1.00 bits per heavy atom. The SMILES string of the molecule is Nc1nc(NCO)nc(NCO)n1.O. The molecule has 0 aromatic carbocycles. The molecule has 0 aliphatic carbocycles. The number of anilines is 3. The molecule has 1 aromatic heterocycles. The molecule has 0 aliphatic heterocycles. The van der Waals surface area contributed by atoms with Crippen LogP contribution in [0.25, 0.3) is 0 Å². The van der Waals surface area contributed by atoms with Gasteiger partial charge >= 0.3 is 0 Å². The van der Waals surface area contributed by atoms with Crippen LogP contribution in [0.15, 0.2) is 0 Å². The van der Waals surface area contributed by atoms with Gasteiger partial charge in [-0.2, -0.15) is 15.0 Å². The number of hydrogen-bond donors (Lipinski definition) is 5. The van der Waals surface area contributed by atoms with Crippen LogP contribution in [0, 0.1) is 0 Å². The van der Waals surface area contributed by atoms with Gasteiger partial charge in [0.05, 0.1) is 0 Å². The summed E-state index contributed by atoms with van der Waals surface area (Å²) in [5, 5.41) is 21.9. The zero-order valence-electron chi connectivity index (χ0n) is 7.23. The van der Waals surface area contributed by atoms with Crippen LogP contribution in [0.5, 0.6) is 0 Å². The second kappa shape index (κ2) is 5.85. The molecule has 0 atom stereocenters. The molecule has 9 heteroatoms. The van der Waals surface area contributed by atoms with E-state index in [1.54, 1.807) is 0 Å². The normalized spacial score (nSPS) is 9.00. The van der Waals surface area contributed by atoms with Gasteiger partial charge in [-0.3, -0.25) is 0 Å². The number of aliphatic hydroxyl groups is 2. The molecule has 0 amide bonds. The lowest BCUT2D eigenvalue weighted by atomic mass is 10.8. The van der Waals surface area contributed by atoms with E-state index in [2.05, 4.69) is 25.6 Å². The van der Waals surface area contributed by atoms with Crippen molar-refractivity contribution in [3.05, 3.63) is 0 Å². The van der Waals surface area contributed by atoms with Gasteiger partial charge in [0.2, 0.25) is 17.8 Å². The van der Waals surface area contributed by atoms with E-state index in [1.807, 2.05) is 0 Å². The predicted molar refractivity (Wildman–Crippen MR) is 49.3 cm³/mol. The Hall–Kier alpha value is -1.71. The molecule has 0 radical (unpaired) electrons. The van der Waals surface area contributed by atoms with E-state index >= 15 is 0 Å². The van der Waals surface area contributed by atoms with Crippen molar-refractivity contribution in [2.75, 3.05) is 29.8 Å². The minimum absolute atomic E-state index is 0. The number of nitrogens with one attached hydrogen (secondary N) is 2. The molecule has 0 saturated heterocycles. The molecule has 9 nitrogen and oxygen atoms in total. The van der Waals surface area contributed by atoms with Crippen molar-refractivity contribution < 1.29 is 15.7 Å². The first kappa shape index (κ1) is 12.3. The quantitative estimate of drug-likeness (QED) is 0.332. The number of nitrogens with zero attached hydrogens (tertiary/aromatic N) is 3. The van der Waals surface area contributed by atoms with Crippen molar-refractivity contribution in [3.8, 4) is 0 Å². The standard InChI is InChI=1S/C5H10N6O2.H2O/c6-3-9-4(7-1-12)11-5(10-3)8-2-13;/h12-13H,1-2H2,(H4,6,7,8,9,10,11);1H2. The first-order valence-electron chi connectivity index (χ1n) is 3.47. The van der Waals surface area contributed by atoms with E-state index in [-0.39, 0.29) is 36.8 Å². The predicted octanol–water partition coefficient (Wildman–Crippen LogP) is -2.65. The number of nitrogen functional groups attached to an aromatic ring is 1. The molecular formula is C5H12N6O3. The number of aromatic nitrogens is 3. The van der Waals surface area contributed by atoms with Crippen molar-refractivity contribution >= 4 is 17.8 Å². The van der Waals surface area contributed by atoms with E-state index in [1.165, 1.54) is 0 Å². The molecule has 0 bridgehead atoms. The lowest BCUT2D eigenvalue weighted by Crippen LogP contribution is -2.11. The second-order valence-electron chi connectivity index (χ2n) is 2.01. The molecule has 0 spiro atoms. The number of hydrogen-bond acceptors (Lipinski definition) is 8. The maximum Gasteiger partial charge on any atom is 0.231 e. The van der Waals surface area contributed by atoms with Gasteiger partial charge in [-0.05, 0) is 0 Å². The number of nitrogens with two attached hydrogens (primary N) is 1. The summed E-state index contributed by atoms with van der Waals surface area (Å²) >= 11 is 0. The summed E-state index contributed by atoms with van der Waals surface area (Å²) < 4.78 is 0. The molecule has 1 aromatic rings. The minimum atomic E-state index is -0.304. The molecule has 80 valence electrons.